The molecule has 0 spiro atoms. The van der Waals surface area contributed by atoms with Gasteiger partial charge in [-0.05, 0) is 53.6 Å². The van der Waals surface area contributed by atoms with Crippen molar-refractivity contribution in [3.8, 4) is 45.0 Å². The molecule has 0 radical (unpaired) electrons. The van der Waals surface area contributed by atoms with Gasteiger partial charge in [0.2, 0.25) is 0 Å². The van der Waals surface area contributed by atoms with E-state index in [-0.39, 0.29) is 0 Å². The van der Waals surface area contributed by atoms with E-state index in [1.54, 1.807) is 0 Å². The summed E-state index contributed by atoms with van der Waals surface area (Å²) in [5.74, 6) is 0.662. The lowest BCUT2D eigenvalue weighted by Gasteiger charge is -2.12. The van der Waals surface area contributed by atoms with Crippen LogP contribution in [0.15, 0.2) is 152 Å². The van der Waals surface area contributed by atoms with E-state index in [9.17, 15) is 0 Å². The molecule has 4 aromatic heterocycles. The first-order valence-corrected chi connectivity index (χ1v) is 15.3. The average molecular weight is 588 g/mol. The second-order valence-corrected chi connectivity index (χ2v) is 11.4. The zero-order valence-electron chi connectivity index (χ0n) is 24.7. The maximum absolute atomic E-state index is 5.18. The maximum Gasteiger partial charge on any atom is 0.162 e. The van der Waals surface area contributed by atoms with E-state index in [1.807, 2.05) is 54.9 Å². The van der Waals surface area contributed by atoms with E-state index < -0.39 is 0 Å². The fourth-order valence-corrected chi connectivity index (χ4v) is 6.29. The fraction of sp³-hybridized carbons (Fsp3) is 0. The minimum absolute atomic E-state index is 0.662. The lowest BCUT2D eigenvalue weighted by molar-refractivity contribution is 1.23. The Labute approximate surface area is 264 Å². The molecule has 0 saturated carbocycles. The number of hydrogen-bond donors (Lipinski definition) is 0. The topological polar surface area (TPSA) is 64.5 Å². The van der Waals surface area contributed by atoms with Crippen molar-refractivity contribution in [3.63, 3.8) is 0 Å². The van der Waals surface area contributed by atoms with Crippen molar-refractivity contribution in [2.75, 3.05) is 0 Å². The Kier molecular flexibility index (Phi) is 6.06. The molecule has 0 aliphatic heterocycles. The third-order valence-electron chi connectivity index (χ3n) is 8.54. The Morgan fingerprint density at radius 3 is 1.87 bits per heavy atom. The Bertz CT molecular complexity index is 2600. The first kappa shape index (κ1) is 26.1. The number of para-hydroxylation sites is 2. The molecule has 0 bridgehead atoms. The lowest BCUT2D eigenvalue weighted by atomic mass is 9.97. The zero-order chi connectivity index (χ0) is 30.5. The van der Waals surface area contributed by atoms with Crippen LogP contribution in [-0.2, 0) is 0 Å². The predicted octanol–water partition coefficient (Wildman–Crippen LogP) is 9.94. The summed E-state index contributed by atoms with van der Waals surface area (Å²) in [6.45, 7) is 0. The van der Waals surface area contributed by atoms with Gasteiger partial charge in [0.05, 0.1) is 33.5 Å². The van der Waals surface area contributed by atoms with Gasteiger partial charge in [0, 0.05) is 50.6 Å². The third kappa shape index (κ3) is 4.45. The maximum atomic E-state index is 5.18. The number of rotatable bonds is 4. The molecule has 214 valence electrons. The molecule has 0 unspecified atom stereocenters. The van der Waals surface area contributed by atoms with E-state index >= 15 is 0 Å². The zero-order valence-corrected chi connectivity index (χ0v) is 24.7. The number of nitrogens with zero attached hydrogens (tertiary/aromatic N) is 5. The van der Waals surface area contributed by atoms with Crippen molar-refractivity contribution in [1.82, 2.24) is 24.9 Å². The standard InChI is InChI=1S/C41H25N5/c1-2-17-36-33(15-1)38(46-41(45-36)34-16-5-8-26-13-6-22-42-37(26)34)32-12-4-10-30(25-32)29-9-3-11-31(24-29)35-21-20-28-19-18-27-14-7-23-43-39(27)40(28)44-35/h1-25H. The minimum Gasteiger partial charge on any atom is -0.255 e. The molecule has 0 amide bonds. The summed E-state index contributed by atoms with van der Waals surface area (Å²) in [4.78, 5) is 24.6. The van der Waals surface area contributed by atoms with Crippen LogP contribution in [-0.4, -0.2) is 24.9 Å². The molecule has 0 aliphatic rings. The predicted molar refractivity (Wildman–Crippen MR) is 187 cm³/mol. The number of pyridine rings is 3. The fourth-order valence-electron chi connectivity index (χ4n) is 6.29. The van der Waals surface area contributed by atoms with Crippen molar-refractivity contribution in [3.05, 3.63) is 152 Å². The van der Waals surface area contributed by atoms with Gasteiger partial charge in [-0.1, -0.05) is 97.1 Å². The summed E-state index contributed by atoms with van der Waals surface area (Å²) < 4.78 is 0. The highest BCUT2D eigenvalue weighted by molar-refractivity contribution is 6.03. The molecule has 9 aromatic rings. The Morgan fingerprint density at radius 1 is 0.391 bits per heavy atom. The van der Waals surface area contributed by atoms with Crippen LogP contribution in [0.25, 0.3) is 88.6 Å². The second-order valence-electron chi connectivity index (χ2n) is 11.4. The number of benzene rings is 5. The van der Waals surface area contributed by atoms with Crippen molar-refractivity contribution in [1.29, 1.82) is 0 Å². The summed E-state index contributed by atoms with van der Waals surface area (Å²) in [5, 5.41) is 4.23. The summed E-state index contributed by atoms with van der Waals surface area (Å²) in [5.41, 5.74) is 10.6. The van der Waals surface area contributed by atoms with E-state index in [2.05, 4.69) is 107 Å². The highest BCUT2D eigenvalue weighted by atomic mass is 14.9. The largest absolute Gasteiger partial charge is 0.255 e. The van der Waals surface area contributed by atoms with Gasteiger partial charge in [-0.2, -0.15) is 0 Å². The molecule has 0 atom stereocenters. The van der Waals surface area contributed by atoms with Crippen LogP contribution in [0, 0.1) is 0 Å². The van der Waals surface area contributed by atoms with Crippen molar-refractivity contribution < 1.29 is 0 Å². The van der Waals surface area contributed by atoms with Gasteiger partial charge in [-0.25, -0.2) is 15.0 Å². The number of fused-ring (bicyclic) bond motifs is 5. The molecule has 4 heterocycles. The Hall–Kier alpha value is -6.33. The van der Waals surface area contributed by atoms with Gasteiger partial charge in [0.25, 0.3) is 0 Å². The van der Waals surface area contributed by atoms with Crippen LogP contribution in [0.1, 0.15) is 0 Å². The molecule has 5 aromatic carbocycles. The molecule has 5 nitrogen and oxygen atoms in total. The van der Waals surface area contributed by atoms with Crippen LogP contribution >= 0.6 is 0 Å². The quantitative estimate of drug-likeness (QED) is 0.192. The van der Waals surface area contributed by atoms with Crippen molar-refractivity contribution in [2.24, 2.45) is 0 Å². The first-order valence-electron chi connectivity index (χ1n) is 15.3. The first-order chi connectivity index (χ1) is 22.8. The van der Waals surface area contributed by atoms with E-state index in [4.69, 9.17) is 15.0 Å². The number of hydrogen-bond acceptors (Lipinski definition) is 5. The molecule has 0 N–H and O–H groups in total. The van der Waals surface area contributed by atoms with Crippen LogP contribution < -0.4 is 0 Å². The summed E-state index contributed by atoms with van der Waals surface area (Å²) in [6, 6.07) is 48.0. The summed E-state index contributed by atoms with van der Waals surface area (Å²) >= 11 is 0. The monoisotopic (exact) mass is 587 g/mol. The molecular weight excluding hydrogens is 562 g/mol. The molecule has 0 aliphatic carbocycles. The number of aromatic nitrogens is 5. The summed E-state index contributed by atoms with van der Waals surface area (Å²) in [7, 11) is 0. The van der Waals surface area contributed by atoms with E-state index in [1.165, 1.54) is 0 Å². The van der Waals surface area contributed by atoms with E-state index in [0.29, 0.717) is 5.82 Å². The van der Waals surface area contributed by atoms with Crippen molar-refractivity contribution >= 4 is 43.6 Å². The average Bonchev–Trinajstić information content (AvgIpc) is 3.14. The van der Waals surface area contributed by atoms with Crippen molar-refractivity contribution in [2.45, 2.75) is 0 Å². The molecule has 9 rings (SSSR count). The van der Waals surface area contributed by atoms with Crippen LogP contribution in [0.3, 0.4) is 0 Å². The highest BCUT2D eigenvalue weighted by Gasteiger charge is 2.15. The molecule has 0 saturated heterocycles. The third-order valence-corrected chi connectivity index (χ3v) is 8.54. The lowest BCUT2D eigenvalue weighted by Crippen LogP contribution is -1.96. The highest BCUT2D eigenvalue weighted by Crippen LogP contribution is 2.34. The SMILES string of the molecule is c1cc(-c2cccc(-c3nc(-c4cccc5cccnc45)nc4ccccc34)c2)cc(-c2ccc3ccc4cccnc4c3n2)c1. The minimum atomic E-state index is 0.662. The van der Waals surface area contributed by atoms with Gasteiger partial charge in [0.15, 0.2) is 5.82 Å². The van der Waals surface area contributed by atoms with E-state index in [0.717, 1.165) is 82.8 Å². The van der Waals surface area contributed by atoms with Gasteiger partial charge in [-0.15, -0.1) is 0 Å². The van der Waals surface area contributed by atoms with Crippen LogP contribution in [0.2, 0.25) is 0 Å². The Morgan fingerprint density at radius 2 is 1.02 bits per heavy atom. The molecule has 46 heavy (non-hydrogen) atoms. The Balaban J connectivity index is 1.16. The molecular formula is C41H25N5. The normalized spacial score (nSPS) is 11.5. The van der Waals surface area contributed by atoms with Gasteiger partial charge >= 0.3 is 0 Å². The molecule has 0 fully saturated rings. The van der Waals surface area contributed by atoms with Crippen LogP contribution in [0.4, 0.5) is 0 Å². The second kappa shape index (κ2) is 10.7. The van der Waals surface area contributed by atoms with Gasteiger partial charge in [-0.3, -0.25) is 9.97 Å². The molecule has 5 heteroatoms. The smallest absolute Gasteiger partial charge is 0.162 e. The summed E-state index contributed by atoms with van der Waals surface area (Å²) in [6.07, 6.45) is 3.64. The van der Waals surface area contributed by atoms with Gasteiger partial charge < -0.3 is 0 Å². The van der Waals surface area contributed by atoms with Crippen LogP contribution in [0.5, 0.6) is 0 Å². The van der Waals surface area contributed by atoms with Gasteiger partial charge in [0.1, 0.15) is 0 Å².